The summed E-state index contributed by atoms with van der Waals surface area (Å²) < 4.78 is 34.4. The number of halogens is 2. The highest BCUT2D eigenvalue weighted by Crippen LogP contribution is 2.46. The van der Waals surface area contributed by atoms with Gasteiger partial charge in [0.25, 0.3) is 0 Å². The van der Waals surface area contributed by atoms with Crippen molar-refractivity contribution in [1.29, 1.82) is 0 Å². The van der Waals surface area contributed by atoms with E-state index in [1.54, 1.807) is 12.1 Å². The predicted molar refractivity (Wildman–Crippen MR) is 125 cm³/mol. The number of ether oxygens (including phenoxy) is 1. The molecule has 8 heteroatoms. The summed E-state index contributed by atoms with van der Waals surface area (Å²) in [5.74, 6) is 0. The van der Waals surface area contributed by atoms with Crippen LogP contribution in [0.25, 0.3) is 0 Å². The van der Waals surface area contributed by atoms with Crippen LogP contribution in [0, 0.1) is 0 Å². The molecule has 0 bridgehead atoms. The van der Waals surface area contributed by atoms with Crippen LogP contribution in [-0.2, 0) is 29.0 Å². The molecule has 6 nitrogen and oxygen atoms in total. The first kappa shape index (κ1) is 24.3. The number of aromatic nitrogens is 3. The van der Waals surface area contributed by atoms with Gasteiger partial charge in [0.05, 0.1) is 24.9 Å². The van der Waals surface area contributed by atoms with E-state index in [0.29, 0.717) is 43.4 Å². The molecule has 0 amide bonds. The Bertz CT molecular complexity index is 1120. The van der Waals surface area contributed by atoms with Gasteiger partial charge in [0.1, 0.15) is 19.7 Å². The van der Waals surface area contributed by atoms with Crippen LogP contribution < -0.4 is 5.69 Å². The largest absolute Gasteiger partial charge is 0.394 e. The zero-order valence-electron chi connectivity index (χ0n) is 19.3. The highest BCUT2D eigenvalue weighted by molar-refractivity contribution is 5.31. The normalized spacial score (nSPS) is 23.6. The summed E-state index contributed by atoms with van der Waals surface area (Å²) >= 11 is 0. The van der Waals surface area contributed by atoms with Crippen molar-refractivity contribution >= 4 is 0 Å². The second kappa shape index (κ2) is 10.2. The number of rotatable bonds is 9. The maximum atomic E-state index is 13.3. The Balaban J connectivity index is 1.58. The van der Waals surface area contributed by atoms with Crippen molar-refractivity contribution in [3.05, 3.63) is 87.6 Å². The number of aliphatic hydroxyl groups is 1. The number of nitrogens with zero attached hydrogens (tertiary/aromatic N) is 2. The Morgan fingerprint density at radius 1 is 1.09 bits per heavy atom. The first-order valence-electron chi connectivity index (χ1n) is 11.6. The van der Waals surface area contributed by atoms with E-state index in [-0.39, 0.29) is 23.8 Å². The lowest BCUT2D eigenvalue weighted by Crippen LogP contribution is -2.50. The molecule has 1 aliphatic rings. The molecular weight excluding hydrogens is 440 g/mol. The van der Waals surface area contributed by atoms with Crippen LogP contribution in [0.4, 0.5) is 8.78 Å². The Morgan fingerprint density at radius 2 is 1.74 bits per heavy atom. The van der Waals surface area contributed by atoms with Crippen LogP contribution in [0.1, 0.15) is 61.0 Å². The minimum Gasteiger partial charge on any atom is -0.394 e. The van der Waals surface area contributed by atoms with Crippen LogP contribution in [-0.4, -0.2) is 33.1 Å². The lowest BCUT2D eigenvalue weighted by molar-refractivity contribution is -0.0122. The molecule has 2 N–H and O–H groups in total. The summed E-state index contributed by atoms with van der Waals surface area (Å²) in [6.07, 6.45) is 3.66. The van der Waals surface area contributed by atoms with E-state index >= 15 is 0 Å². The molecule has 1 aliphatic carbocycles. The third-order valence-corrected chi connectivity index (χ3v) is 7.34. The van der Waals surface area contributed by atoms with Crippen molar-refractivity contribution in [1.82, 2.24) is 14.8 Å². The summed E-state index contributed by atoms with van der Waals surface area (Å²) in [6, 6.07) is 15.1. The smallest absolute Gasteiger partial charge is 0.343 e. The molecule has 3 aromatic rings. The van der Waals surface area contributed by atoms with Gasteiger partial charge in [-0.1, -0.05) is 48.5 Å². The second-order valence-corrected chi connectivity index (χ2v) is 9.36. The van der Waals surface area contributed by atoms with E-state index in [2.05, 4.69) is 22.3 Å². The molecule has 0 unspecified atom stereocenters. The van der Waals surface area contributed by atoms with Gasteiger partial charge < -0.3 is 9.84 Å². The van der Waals surface area contributed by atoms with E-state index in [1.807, 2.05) is 25.1 Å². The fraction of sp³-hybridized carbons (Fsp3) is 0.462. The number of alkyl halides is 2. The minimum atomic E-state index is -0.709. The number of hydrogen-bond acceptors (Lipinski definition) is 4. The van der Waals surface area contributed by atoms with Crippen molar-refractivity contribution in [3.63, 3.8) is 0 Å². The van der Waals surface area contributed by atoms with Gasteiger partial charge in [-0.25, -0.2) is 18.7 Å². The Kier molecular flexibility index (Phi) is 7.28. The monoisotopic (exact) mass is 471 g/mol. The van der Waals surface area contributed by atoms with Gasteiger partial charge in [0, 0.05) is 5.41 Å². The summed E-state index contributed by atoms with van der Waals surface area (Å²) in [5.41, 5.74) is 1.40. The lowest BCUT2D eigenvalue weighted by atomic mass is 9.64. The molecule has 0 radical (unpaired) electrons. The molecule has 1 atom stereocenters. The number of H-pyrrole nitrogens is 1. The molecule has 1 aromatic heterocycles. The van der Waals surface area contributed by atoms with Gasteiger partial charge in [0.15, 0.2) is 0 Å². The average Bonchev–Trinajstić information content (AvgIpc) is 3.34. The molecule has 1 heterocycles. The van der Waals surface area contributed by atoms with Gasteiger partial charge >= 0.3 is 5.69 Å². The fourth-order valence-electron chi connectivity index (χ4n) is 5.12. The van der Waals surface area contributed by atoms with Crippen LogP contribution in [0.5, 0.6) is 0 Å². The first-order chi connectivity index (χ1) is 16.4. The quantitative estimate of drug-likeness (QED) is 0.482. The highest BCUT2D eigenvalue weighted by Gasteiger charge is 2.45. The van der Waals surface area contributed by atoms with E-state index in [4.69, 9.17) is 4.74 Å². The summed E-state index contributed by atoms with van der Waals surface area (Å²) in [5, 5.41) is 16.5. The van der Waals surface area contributed by atoms with Crippen LogP contribution in [0.15, 0.2) is 59.7 Å². The van der Waals surface area contributed by atoms with Crippen molar-refractivity contribution in [2.45, 2.75) is 63.0 Å². The zero-order valence-corrected chi connectivity index (χ0v) is 19.3. The second-order valence-electron chi connectivity index (χ2n) is 9.36. The SMILES string of the molecule is C[C@@H](OCC1(c2ccccc2)CCC(CO)(n2cn[nH]c2=O)CC1)c1cc(CF)cc(CF)c1. The van der Waals surface area contributed by atoms with E-state index in [1.165, 1.54) is 17.0 Å². The van der Waals surface area contributed by atoms with Crippen LogP contribution in [0.2, 0.25) is 0 Å². The molecule has 2 aromatic carbocycles. The molecule has 0 spiro atoms. The number of nitrogens with one attached hydrogen (secondary N) is 1. The maximum absolute atomic E-state index is 13.3. The average molecular weight is 472 g/mol. The van der Waals surface area contributed by atoms with Crippen molar-refractivity contribution in [2.75, 3.05) is 13.2 Å². The number of aliphatic hydroxyl groups excluding tert-OH is 1. The van der Waals surface area contributed by atoms with E-state index in [0.717, 1.165) is 11.1 Å². The van der Waals surface area contributed by atoms with Crippen molar-refractivity contribution in [2.24, 2.45) is 0 Å². The number of benzene rings is 2. The van der Waals surface area contributed by atoms with Gasteiger partial charge in [-0.2, -0.15) is 5.10 Å². The Labute approximate surface area is 197 Å². The van der Waals surface area contributed by atoms with Gasteiger partial charge in [-0.3, -0.25) is 4.57 Å². The topological polar surface area (TPSA) is 80.1 Å². The molecule has 34 heavy (non-hydrogen) atoms. The van der Waals surface area contributed by atoms with Crippen molar-refractivity contribution < 1.29 is 18.6 Å². The van der Waals surface area contributed by atoms with Gasteiger partial charge in [0.2, 0.25) is 0 Å². The first-order valence-corrected chi connectivity index (χ1v) is 11.6. The fourth-order valence-corrected chi connectivity index (χ4v) is 5.12. The lowest BCUT2D eigenvalue weighted by Gasteiger charge is -2.46. The molecule has 1 fully saturated rings. The molecule has 0 saturated heterocycles. The maximum Gasteiger partial charge on any atom is 0.343 e. The van der Waals surface area contributed by atoms with Gasteiger partial charge in [-0.05, 0) is 54.9 Å². The van der Waals surface area contributed by atoms with E-state index in [9.17, 15) is 18.7 Å². The molecule has 4 rings (SSSR count). The summed E-state index contributed by atoms with van der Waals surface area (Å²) in [7, 11) is 0. The summed E-state index contributed by atoms with van der Waals surface area (Å²) in [4.78, 5) is 12.2. The number of aromatic amines is 1. The number of hydrogen-bond donors (Lipinski definition) is 2. The molecule has 1 saturated carbocycles. The van der Waals surface area contributed by atoms with Crippen LogP contribution in [0.3, 0.4) is 0 Å². The van der Waals surface area contributed by atoms with E-state index < -0.39 is 18.9 Å². The standard InChI is InChI=1S/C26H31F2N3O3/c1-19(22-12-20(14-27)11-21(13-22)15-28)34-17-25(23-5-3-2-4-6-23)7-9-26(16-32,10-8-25)31-18-29-30-24(31)33/h2-6,11-13,18-19,32H,7-10,14-17H2,1H3,(H,30,33)/t19-,25?,26?/m1/s1. The molecular formula is C26H31F2N3O3. The molecule has 182 valence electrons. The Morgan fingerprint density at radius 3 is 2.26 bits per heavy atom. The Hall–Kier alpha value is -2.84. The highest BCUT2D eigenvalue weighted by atomic mass is 19.1. The third kappa shape index (κ3) is 4.70. The minimum absolute atomic E-state index is 0.156. The predicted octanol–water partition coefficient (Wildman–Crippen LogP) is 4.49. The molecule has 0 aliphatic heterocycles. The third-order valence-electron chi connectivity index (χ3n) is 7.34. The summed E-state index contributed by atoms with van der Waals surface area (Å²) in [6.45, 7) is 0.835. The van der Waals surface area contributed by atoms with Gasteiger partial charge in [-0.15, -0.1) is 0 Å². The van der Waals surface area contributed by atoms with Crippen molar-refractivity contribution in [3.8, 4) is 0 Å². The van der Waals surface area contributed by atoms with Crippen LogP contribution >= 0.6 is 0 Å². The zero-order chi connectivity index (χ0) is 24.2.